The van der Waals surface area contributed by atoms with E-state index in [9.17, 15) is 17.9 Å². The van der Waals surface area contributed by atoms with Crippen LogP contribution in [0.5, 0.6) is 0 Å². The fraction of sp³-hybridized carbons (Fsp3) is 0.455. The van der Waals surface area contributed by atoms with Crippen LogP contribution < -0.4 is 0 Å². The predicted molar refractivity (Wildman–Crippen MR) is 60.4 cm³/mol. The normalized spacial score (nSPS) is 26.3. The van der Waals surface area contributed by atoms with E-state index in [1.54, 1.807) is 6.92 Å². The van der Waals surface area contributed by atoms with Crippen molar-refractivity contribution in [3.05, 3.63) is 30.1 Å². The molecule has 1 aliphatic rings. The molecule has 0 amide bonds. The van der Waals surface area contributed by atoms with Gasteiger partial charge in [0.1, 0.15) is 5.82 Å². The molecule has 0 bridgehead atoms. The molecule has 1 aliphatic heterocycles. The first-order valence-corrected chi connectivity index (χ1v) is 6.73. The number of benzene rings is 1. The number of aliphatic hydroxyl groups is 1. The second-order valence-electron chi connectivity index (χ2n) is 4.54. The van der Waals surface area contributed by atoms with Crippen molar-refractivity contribution in [2.45, 2.75) is 23.8 Å². The standard InChI is InChI=1S/C11H14FNO3S/c1-11(14)6-7-13(8-11)17(15,16)10-4-2-9(12)3-5-10/h2-5,14H,6-8H2,1H3. The summed E-state index contributed by atoms with van der Waals surface area (Å²) in [5.74, 6) is -0.475. The van der Waals surface area contributed by atoms with Crippen LogP contribution in [0.4, 0.5) is 4.39 Å². The van der Waals surface area contributed by atoms with Crippen molar-refractivity contribution < 1.29 is 17.9 Å². The largest absolute Gasteiger partial charge is 0.389 e. The second-order valence-corrected chi connectivity index (χ2v) is 6.48. The number of sulfonamides is 1. The average Bonchev–Trinajstić information content (AvgIpc) is 2.60. The lowest BCUT2D eigenvalue weighted by atomic mass is 10.1. The summed E-state index contributed by atoms with van der Waals surface area (Å²) in [6.45, 7) is 1.96. The number of hydrogen-bond acceptors (Lipinski definition) is 3. The molecule has 1 saturated heterocycles. The fourth-order valence-electron chi connectivity index (χ4n) is 1.86. The zero-order valence-corrected chi connectivity index (χ0v) is 10.2. The molecule has 1 aromatic rings. The highest BCUT2D eigenvalue weighted by atomic mass is 32.2. The Bertz CT molecular complexity index is 510. The summed E-state index contributed by atoms with van der Waals surface area (Å²) in [5, 5.41) is 9.75. The minimum Gasteiger partial charge on any atom is -0.389 e. The van der Waals surface area contributed by atoms with E-state index >= 15 is 0 Å². The van der Waals surface area contributed by atoms with E-state index in [0.29, 0.717) is 6.42 Å². The van der Waals surface area contributed by atoms with Crippen LogP contribution in [0.1, 0.15) is 13.3 Å². The zero-order chi connectivity index (χ0) is 12.7. The highest BCUT2D eigenvalue weighted by Gasteiger charge is 2.38. The van der Waals surface area contributed by atoms with E-state index < -0.39 is 21.4 Å². The number of β-amino-alcohol motifs (C(OH)–C–C–N with tert-alkyl or cyclic N) is 1. The van der Waals surface area contributed by atoms with Gasteiger partial charge >= 0.3 is 0 Å². The zero-order valence-electron chi connectivity index (χ0n) is 9.43. The Labute approximate surface area is 99.7 Å². The van der Waals surface area contributed by atoms with Crippen LogP contribution in [-0.2, 0) is 10.0 Å². The smallest absolute Gasteiger partial charge is 0.243 e. The van der Waals surface area contributed by atoms with Crippen molar-refractivity contribution >= 4 is 10.0 Å². The van der Waals surface area contributed by atoms with Gasteiger partial charge in [0.15, 0.2) is 0 Å². The highest BCUT2D eigenvalue weighted by molar-refractivity contribution is 7.89. The summed E-state index contributed by atoms with van der Waals surface area (Å²) in [6, 6.07) is 4.69. The van der Waals surface area contributed by atoms with E-state index in [2.05, 4.69) is 0 Å². The molecule has 0 aliphatic carbocycles. The lowest BCUT2D eigenvalue weighted by Crippen LogP contribution is -2.33. The number of halogens is 1. The van der Waals surface area contributed by atoms with Gasteiger partial charge in [-0.25, -0.2) is 12.8 Å². The first-order chi connectivity index (χ1) is 7.81. The minimum absolute atomic E-state index is 0.0524. The average molecular weight is 259 g/mol. The van der Waals surface area contributed by atoms with Gasteiger partial charge in [0.2, 0.25) is 10.0 Å². The van der Waals surface area contributed by atoms with Gasteiger partial charge in [-0.15, -0.1) is 0 Å². The van der Waals surface area contributed by atoms with E-state index in [1.807, 2.05) is 0 Å². The van der Waals surface area contributed by atoms with Crippen LogP contribution in [-0.4, -0.2) is 36.5 Å². The Kier molecular flexibility index (Phi) is 2.97. The molecule has 1 aromatic carbocycles. The molecule has 0 radical (unpaired) electrons. The maximum atomic E-state index is 12.7. The van der Waals surface area contributed by atoms with Crippen molar-refractivity contribution in [2.75, 3.05) is 13.1 Å². The Balaban J connectivity index is 2.29. The van der Waals surface area contributed by atoms with Gasteiger partial charge in [-0.05, 0) is 37.6 Å². The van der Waals surface area contributed by atoms with Crippen molar-refractivity contribution in [2.24, 2.45) is 0 Å². The summed E-state index contributed by atoms with van der Waals surface area (Å²) in [7, 11) is -3.62. The Morgan fingerprint density at radius 3 is 2.41 bits per heavy atom. The Morgan fingerprint density at radius 2 is 1.94 bits per heavy atom. The summed E-state index contributed by atoms with van der Waals surface area (Å²) >= 11 is 0. The molecule has 94 valence electrons. The molecule has 1 unspecified atom stereocenters. The third kappa shape index (κ3) is 2.48. The van der Waals surface area contributed by atoms with E-state index in [4.69, 9.17) is 0 Å². The summed E-state index contributed by atoms with van der Waals surface area (Å²) in [4.78, 5) is 0.0524. The quantitative estimate of drug-likeness (QED) is 0.861. The number of rotatable bonds is 2. The van der Waals surface area contributed by atoms with Crippen LogP contribution in [0.25, 0.3) is 0 Å². The monoisotopic (exact) mass is 259 g/mol. The summed E-state index contributed by atoms with van der Waals surface area (Å²) in [6.07, 6.45) is 0.410. The van der Waals surface area contributed by atoms with Gasteiger partial charge in [-0.1, -0.05) is 0 Å². The summed E-state index contributed by atoms with van der Waals surface area (Å²) in [5.41, 5.74) is -0.979. The van der Waals surface area contributed by atoms with Crippen LogP contribution in [0.2, 0.25) is 0 Å². The Hall–Kier alpha value is -0.980. The van der Waals surface area contributed by atoms with Crippen molar-refractivity contribution in [3.63, 3.8) is 0 Å². The van der Waals surface area contributed by atoms with E-state index in [1.165, 1.54) is 16.4 Å². The van der Waals surface area contributed by atoms with Crippen molar-refractivity contribution in [1.82, 2.24) is 4.31 Å². The SMILES string of the molecule is CC1(O)CCN(S(=O)(=O)c2ccc(F)cc2)C1. The van der Waals surface area contributed by atoms with Gasteiger partial charge < -0.3 is 5.11 Å². The summed E-state index contributed by atoms with van der Waals surface area (Å²) < 4.78 is 38.2. The van der Waals surface area contributed by atoms with Crippen LogP contribution >= 0.6 is 0 Å². The lowest BCUT2D eigenvalue weighted by molar-refractivity contribution is 0.0762. The molecule has 0 saturated carbocycles. The molecule has 1 fully saturated rings. The molecule has 1 heterocycles. The molecule has 17 heavy (non-hydrogen) atoms. The second kappa shape index (κ2) is 4.04. The molecular weight excluding hydrogens is 245 g/mol. The van der Waals surface area contributed by atoms with Crippen LogP contribution in [0, 0.1) is 5.82 Å². The van der Waals surface area contributed by atoms with Gasteiger partial charge in [0.25, 0.3) is 0 Å². The maximum absolute atomic E-state index is 12.7. The predicted octanol–water partition coefficient (Wildman–Crippen LogP) is 0.971. The van der Waals surface area contributed by atoms with Crippen LogP contribution in [0.15, 0.2) is 29.2 Å². The molecule has 6 heteroatoms. The third-order valence-electron chi connectivity index (χ3n) is 2.87. The molecule has 0 spiro atoms. The fourth-order valence-corrected chi connectivity index (χ4v) is 3.42. The minimum atomic E-state index is -3.62. The van der Waals surface area contributed by atoms with Gasteiger partial charge in [0, 0.05) is 13.1 Å². The van der Waals surface area contributed by atoms with E-state index in [0.717, 1.165) is 12.1 Å². The van der Waals surface area contributed by atoms with E-state index in [-0.39, 0.29) is 18.0 Å². The molecule has 1 N–H and O–H groups in total. The lowest BCUT2D eigenvalue weighted by Gasteiger charge is -2.18. The van der Waals surface area contributed by atoms with Crippen molar-refractivity contribution in [3.8, 4) is 0 Å². The highest BCUT2D eigenvalue weighted by Crippen LogP contribution is 2.26. The van der Waals surface area contributed by atoms with Gasteiger partial charge in [-0.2, -0.15) is 4.31 Å². The van der Waals surface area contributed by atoms with Crippen LogP contribution in [0.3, 0.4) is 0 Å². The molecular formula is C11H14FNO3S. The topological polar surface area (TPSA) is 57.6 Å². The first kappa shape index (κ1) is 12.5. The van der Waals surface area contributed by atoms with Crippen molar-refractivity contribution in [1.29, 1.82) is 0 Å². The Morgan fingerprint density at radius 1 is 1.35 bits per heavy atom. The molecule has 2 rings (SSSR count). The molecule has 0 aromatic heterocycles. The third-order valence-corrected chi connectivity index (χ3v) is 4.73. The number of nitrogens with zero attached hydrogens (tertiary/aromatic N) is 1. The molecule has 4 nitrogen and oxygen atoms in total. The maximum Gasteiger partial charge on any atom is 0.243 e. The van der Waals surface area contributed by atoms with Gasteiger partial charge in [0.05, 0.1) is 10.5 Å². The number of hydrogen-bond donors (Lipinski definition) is 1. The molecule has 1 atom stereocenters. The van der Waals surface area contributed by atoms with Gasteiger partial charge in [-0.3, -0.25) is 0 Å². The first-order valence-electron chi connectivity index (χ1n) is 5.29.